The Bertz CT molecular complexity index is 1100. The molecule has 158 valence electrons. The molecule has 1 aromatic carbocycles. The van der Waals surface area contributed by atoms with E-state index < -0.39 is 28.4 Å². The van der Waals surface area contributed by atoms with E-state index in [0.29, 0.717) is 24.2 Å². The second-order valence-corrected chi connectivity index (χ2v) is 9.81. The van der Waals surface area contributed by atoms with E-state index in [0.717, 1.165) is 30.6 Å². The summed E-state index contributed by atoms with van der Waals surface area (Å²) in [5.41, 5.74) is 0.946. The molecule has 8 nitrogen and oxygen atoms in total. The number of thiophene rings is 1. The number of carbonyl (C=O) groups is 3. The summed E-state index contributed by atoms with van der Waals surface area (Å²) in [7, 11) is -3.80. The van der Waals surface area contributed by atoms with Gasteiger partial charge in [-0.15, -0.1) is 11.3 Å². The summed E-state index contributed by atoms with van der Waals surface area (Å²) in [4.78, 5) is 38.2. The van der Waals surface area contributed by atoms with Crippen LogP contribution in [0.1, 0.15) is 45.7 Å². The lowest BCUT2D eigenvalue weighted by Gasteiger charge is -2.16. The number of nitrogens with zero attached hydrogens (tertiary/aromatic N) is 1. The highest BCUT2D eigenvalue weighted by Crippen LogP contribution is 2.27. The summed E-state index contributed by atoms with van der Waals surface area (Å²) >= 11 is 0.950. The zero-order chi connectivity index (χ0) is 21.3. The van der Waals surface area contributed by atoms with Crippen molar-refractivity contribution in [1.82, 2.24) is 4.72 Å². The van der Waals surface area contributed by atoms with Gasteiger partial charge in [0.05, 0.1) is 0 Å². The van der Waals surface area contributed by atoms with Crippen LogP contribution in [0.15, 0.2) is 40.6 Å². The molecule has 1 aliphatic heterocycles. The third-order valence-corrected chi connectivity index (χ3v) is 7.48. The number of ether oxygens (including phenoxy) is 1. The Hall–Kier alpha value is -2.56. The first-order valence-corrected chi connectivity index (χ1v) is 11.9. The van der Waals surface area contributed by atoms with E-state index in [1.807, 2.05) is 0 Å². The smallest absolute Gasteiger partial charge is 0.350 e. The Balaban J connectivity index is 1.42. The second kappa shape index (κ2) is 8.29. The van der Waals surface area contributed by atoms with Gasteiger partial charge in [-0.2, -0.15) is 0 Å². The van der Waals surface area contributed by atoms with Gasteiger partial charge in [-0.25, -0.2) is 17.9 Å². The van der Waals surface area contributed by atoms with E-state index in [4.69, 9.17) is 4.74 Å². The monoisotopic (exact) mass is 448 g/mol. The molecule has 1 N–H and O–H groups in total. The largest absolute Gasteiger partial charge is 0.453 e. The fourth-order valence-corrected chi connectivity index (χ4v) is 5.81. The number of ketones is 1. The van der Waals surface area contributed by atoms with Crippen molar-refractivity contribution in [3.05, 3.63) is 46.2 Å². The number of hydrogen-bond donors (Lipinski definition) is 1. The molecule has 0 unspecified atom stereocenters. The average molecular weight is 449 g/mol. The van der Waals surface area contributed by atoms with Crippen LogP contribution < -0.4 is 9.62 Å². The van der Waals surface area contributed by atoms with Gasteiger partial charge in [-0.3, -0.25) is 9.59 Å². The predicted molar refractivity (Wildman–Crippen MR) is 110 cm³/mol. The van der Waals surface area contributed by atoms with Crippen LogP contribution in [-0.2, 0) is 19.6 Å². The van der Waals surface area contributed by atoms with Gasteiger partial charge in [0.25, 0.3) is 0 Å². The van der Waals surface area contributed by atoms with Crippen molar-refractivity contribution in [1.29, 1.82) is 0 Å². The standard InChI is InChI=1S/C20H20N2O6S2/c23-16(13-3-1-4-15(11-13)22-9-2-5-18(22)24)12-28-20(25)19-17(8-10-29-19)30(26,27)21-14-6-7-14/h1,3-4,8,10-11,14,21H,2,5-7,9,12H2. The Morgan fingerprint density at radius 1 is 1.23 bits per heavy atom. The molecule has 1 saturated carbocycles. The first-order valence-electron chi connectivity index (χ1n) is 9.56. The summed E-state index contributed by atoms with van der Waals surface area (Å²) in [5, 5.41) is 1.50. The second-order valence-electron chi connectivity index (χ2n) is 7.21. The number of sulfonamides is 1. The molecule has 1 aromatic heterocycles. The van der Waals surface area contributed by atoms with Crippen molar-refractivity contribution in [3.63, 3.8) is 0 Å². The molecule has 0 radical (unpaired) electrons. The molecular formula is C20H20N2O6S2. The van der Waals surface area contributed by atoms with Crippen LogP contribution in [0.5, 0.6) is 0 Å². The number of rotatable bonds is 8. The Kier molecular flexibility index (Phi) is 5.72. The van der Waals surface area contributed by atoms with E-state index in [2.05, 4.69) is 4.72 Å². The molecule has 2 fully saturated rings. The van der Waals surface area contributed by atoms with Crippen LogP contribution in [0.4, 0.5) is 5.69 Å². The van der Waals surface area contributed by atoms with Crippen molar-refractivity contribution < 1.29 is 27.5 Å². The van der Waals surface area contributed by atoms with Gasteiger partial charge >= 0.3 is 5.97 Å². The van der Waals surface area contributed by atoms with Gasteiger partial charge in [0.2, 0.25) is 15.9 Å². The minimum absolute atomic E-state index is 0.0114. The fraction of sp³-hybridized carbons (Fsp3) is 0.350. The van der Waals surface area contributed by atoms with E-state index >= 15 is 0 Å². The Morgan fingerprint density at radius 2 is 2.03 bits per heavy atom. The highest BCUT2D eigenvalue weighted by molar-refractivity contribution is 7.89. The summed E-state index contributed by atoms with van der Waals surface area (Å²) in [6.07, 6.45) is 2.81. The normalized spacial score (nSPS) is 16.7. The van der Waals surface area contributed by atoms with Crippen LogP contribution in [0.3, 0.4) is 0 Å². The fourth-order valence-electron chi connectivity index (χ4n) is 3.19. The minimum atomic E-state index is -3.80. The lowest BCUT2D eigenvalue weighted by atomic mass is 10.1. The predicted octanol–water partition coefficient (Wildman–Crippen LogP) is 2.36. The number of amides is 1. The quantitative estimate of drug-likeness (QED) is 0.490. The van der Waals surface area contributed by atoms with Crippen LogP contribution in [0.2, 0.25) is 0 Å². The van der Waals surface area contributed by atoms with Gasteiger partial charge in [-0.05, 0) is 42.8 Å². The van der Waals surface area contributed by atoms with Crippen LogP contribution in [0.25, 0.3) is 0 Å². The van der Waals surface area contributed by atoms with Crippen molar-refractivity contribution in [2.45, 2.75) is 36.6 Å². The first-order chi connectivity index (χ1) is 14.3. The molecule has 4 rings (SSSR count). The molecule has 30 heavy (non-hydrogen) atoms. The number of benzene rings is 1. The molecule has 10 heteroatoms. The third-order valence-electron chi connectivity index (χ3n) is 4.89. The highest BCUT2D eigenvalue weighted by atomic mass is 32.2. The molecule has 1 aliphatic carbocycles. The first kappa shape index (κ1) is 20.7. The van der Waals surface area contributed by atoms with Crippen molar-refractivity contribution in [2.75, 3.05) is 18.1 Å². The number of hydrogen-bond acceptors (Lipinski definition) is 7. The topological polar surface area (TPSA) is 110 Å². The summed E-state index contributed by atoms with van der Waals surface area (Å²) < 4.78 is 32.4. The number of anilines is 1. The van der Waals surface area contributed by atoms with Gasteiger partial charge in [-0.1, -0.05) is 12.1 Å². The van der Waals surface area contributed by atoms with Crippen LogP contribution in [-0.4, -0.2) is 45.3 Å². The maximum absolute atomic E-state index is 12.5. The highest BCUT2D eigenvalue weighted by Gasteiger charge is 2.32. The van der Waals surface area contributed by atoms with Crippen LogP contribution >= 0.6 is 11.3 Å². The SMILES string of the molecule is O=C(COC(=O)c1sccc1S(=O)(=O)NC1CC1)c1cccc(N2CCCC2=O)c1. The van der Waals surface area contributed by atoms with E-state index in [-0.39, 0.29) is 21.7 Å². The number of Topliss-reactive ketones (excluding diaryl/α,β-unsaturated/α-hetero) is 1. The molecular weight excluding hydrogens is 428 g/mol. The van der Waals surface area contributed by atoms with Gasteiger partial charge < -0.3 is 9.64 Å². The average Bonchev–Trinajstić information content (AvgIpc) is 3.19. The van der Waals surface area contributed by atoms with E-state index in [1.165, 1.54) is 11.4 Å². The lowest BCUT2D eigenvalue weighted by molar-refractivity contribution is -0.117. The Morgan fingerprint density at radius 3 is 2.73 bits per heavy atom. The lowest BCUT2D eigenvalue weighted by Crippen LogP contribution is -2.27. The Labute approximate surface area is 177 Å². The summed E-state index contributed by atoms with van der Waals surface area (Å²) in [6.45, 7) is 0.0830. The van der Waals surface area contributed by atoms with Crippen LogP contribution in [0, 0.1) is 0 Å². The third kappa shape index (κ3) is 4.45. The van der Waals surface area contributed by atoms with E-state index in [9.17, 15) is 22.8 Å². The number of nitrogens with one attached hydrogen (secondary N) is 1. The van der Waals surface area contributed by atoms with Crippen molar-refractivity contribution >= 4 is 44.7 Å². The zero-order valence-electron chi connectivity index (χ0n) is 16.0. The summed E-state index contributed by atoms with van der Waals surface area (Å²) in [5.74, 6) is -1.29. The molecule has 1 saturated heterocycles. The minimum Gasteiger partial charge on any atom is -0.453 e. The van der Waals surface area contributed by atoms with Gasteiger partial charge in [0.1, 0.15) is 9.77 Å². The van der Waals surface area contributed by atoms with Gasteiger partial charge in [0.15, 0.2) is 12.4 Å². The van der Waals surface area contributed by atoms with E-state index in [1.54, 1.807) is 29.2 Å². The molecule has 2 heterocycles. The summed E-state index contributed by atoms with van der Waals surface area (Å²) in [6, 6.07) is 7.87. The number of carbonyl (C=O) groups excluding carboxylic acids is 3. The molecule has 2 aliphatic rings. The molecule has 0 atom stereocenters. The van der Waals surface area contributed by atoms with Gasteiger partial charge in [0, 0.05) is 30.3 Å². The van der Waals surface area contributed by atoms with Crippen molar-refractivity contribution in [3.8, 4) is 0 Å². The molecule has 2 aromatic rings. The maximum Gasteiger partial charge on any atom is 0.350 e. The molecule has 0 bridgehead atoms. The molecule has 0 spiro atoms. The zero-order valence-corrected chi connectivity index (χ0v) is 17.6. The maximum atomic E-state index is 12.5. The molecule has 1 amide bonds. The number of esters is 1. The van der Waals surface area contributed by atoms with Crippen molar-refractivity contribution in [2.24, 2.45) is 0 Å².